The smallest absolute Gasteiger partial charge is 0.248 e. The van der Waals surface area contributed by atoms with Gasteiger partial charge in [-0.15, -0.1) is 0 Å². The number of para-hydroxylation sites is 1. The Labute approximate surface area is 93.7 Å². The van der Waals surface area contributed by atoms with E-state index in [4.69, 9.17) is 0 Å². The highest BCUT2D eigenvalue weighted by Crippen LogP contribution is 2.44. The number of anilines is 1. The van der Waals surface area contributed by atoms with Crippen LogP contribution < -0.4 is 10.6 Å². The van der Waals surface area contributed by atoms with Gasteiger partial charge in [0.15, 0.2) is 0 Å². The third-order valence-electron chi connectivity index (χ3n) is 3.52. The van der Waals surface area contributed by atoms with Crippen LogP contribution in [0.1, 0.15) is 24.5 Å². The van der Waals surface area contributed by atoms with Crippen LogP contribution in [0.15, 0.2) is 24.3 Å². The Hall–Kier alpha value is -1.55. The molecule has 1 amide bonds. The lowest BCUT2D eigenvalue weighted by Gasteiger charge is -2.35. The third kappa shape index (κ3) is 1.10. The number of hydrogen-bond acceptors (Lipinski definition) is 3. The molecule has 2 aliphatic heterocycles. The van der Waals surface area contributed by atoms with Crippen molar-refractivity contribution < 1.29 is 9.90 Å². The highest BCUT2D eigenvalue weighted by molar-refractivity contribution is 5.93. The fourth-order valence-electron chi connectivity index (χ4n) is 2.64. The molecule has 0 saturated carbocycles. The predicted octanol–water partition coefficient (Wildman–Crippen LogP) is 0.794. The van der Waals surface area contributed by atoms with Gasteiger partial charge in [0.2, 0.25) is 5.91 Å². The number of hydrogen-bond donors (Lipinski definition) is 3. The number of carbonyl (C=O) groups excluding carboxylic acids is 1. The predicted molar refractivity (Wildman–Crippen MR) is 60.0 cm³/mol. The van der Waals surface area contributed by atoms with Crippen molar-refractivity contribution >= 4 is 11.6 Å². The number of benzene rings is 1. The number of rotatable bonds is 0. The zero-order valence-corrected chi connectivity index (χ0v) is 8.86. The molecule has 2 heterocycles. The molecule has 1 aromatic rings. The molecule has 2 unspecified atom stereocenters. The number of nitrogens with one attached hydrogen (secondary N) is 2. The number of carbonyl (C=O) groups is 1. The maximum atomic E-state index is 12.0. The van der Waals surface area contributed by atoms with Crippen LogP contribution in [0, 0.1) is 0 Å². The third-order valence-corrected chi connectivity index (χ3v) is 3.52. The molecule has 3 N–H and O–H groups in total. The Morgan fingerprint density at radius 3 is 2.94 bits per heavy atom. The zero-order valence-electron chi connectivity index (χ0n) is 8.86. The van der Waals surface area contributed by atoms with Gasteiger partial charge in [-0.2, -0.15) is 0 Å². The maximum Gasteiger partial charge on any atom is 0.248 e. The Kier molecular flexibility index (Phi) is 1.94. The minimum atomic E-state index is -0.845. The average molecular weight is 218 g/mol. The molecule has 2 atom stereocenters. The molecule has 1 saturated heterocycles. The second kappa shape index (κ2) is 3.22. The number of aliphatic hydroxyl groups excluding tert-OH is 1. The summed E-state index contributed by atoms with van der Waals surface area (Å²) in [7, 11) is 0. The highest BCUT2D eigenvalue weighted by atomic mass is 16.3. The quantitative estimate of drug-likeness (QED) is 0.603. The highest BCUT2D eigenvalue weighted by Gasteiger charge is 2.51. The van der Waals surface area contributed by atoms with Gasteiger partial charge in [-0.05, 0) is 18.9 Å². The molecule has 0 aliphatic carbocycles. The molecule has 4 nitrogen and oxygen atoms in total. The van der Waals surface area contributed by atoms with E-state index in [1.165, 1.54) is 0 Å². The molecule has 1 spiro atoms. The normalized spacial score (nSPS) is 32.1. The first-order valence-electron chi connectivity index (χ1n) is 5.57. The van der Waals surface area contributed by atoms with Crippen LogP contribution >= 0.6 is 0 Å². The van der Waals surface area contributed by atoms with Crippen LogP contribution in [0.2, 0.25) is 0 Å². The zero-order chi connectivity index (χ0) is 11.2. The largest absolute Gasteiger partial charge is 0.385 e. The summed E-state index contributed by atoms with van der Waals surface area (Å²) in [6, 6.07) is 7.54. The topological polar surface area (TPSA) is 61.4 Å². The van der Waals surface area contributed by atoms with Gasteiger partial charge < -0.3 is 15.7 Å². The fourth-order valence-corrected chi connectivity index (χ4v) is 2.64. The van der Waals surface area contributed by atoms with Crippen molar-refractivity contribution in [2.24, 2.45) is 0 Å². The molecule has 2 aliphatic rings. The minimum Gasteiger partial charge on any atom is -0.385 e. The fraction of sp³-hybridized carbons (Fsp3) is 0.417. The van der Waals surface area contributed by atoms with E-state index in [2.05, 4.69) is 10.6 Å². The van der Waals surface area contributed by atoms with Gasteiger partial charge >= 0.3 is 0 Å². The van der Waals surface area contributed by atoms with Gasteiger partial charge in [0.1, 0.15) is 11.6 Å². The standard InChI is InChI=1S/C12H14N2O2/c15-10-8-4-1-2-5-9(8)14-12(10)6-3-7-13-11(12)16/h1-2,4-5,10,14-15H,3,6-7H2,(H,13,16). The summed E-state index contributed by atoms with van der Waals surface area (Å²) in [5, 5.41) is 16.3. The van der Waals surface area contributed by atoms with E-state index in [0.717, 1.165) is 17.7 Å². The van der Waals surface area contributed by atoms with E-state index in [9.17, 15) is 9.90 Å². The van der Waals surface area contributed by atoms with Gasteiger partial charge in [0, 0.05) is 17.8 Å². The minimum absolute atomic E-state index is 0.0950. The first-order valence-corrected chi connectivity index (χ1v) is 5.57. The molecule has 84 valence electrons. The van der Waals surface area contributed by atoms with Crippen LogP contribution in [-0.2, 0) is 4.79 Å². The molecule has 0 radical (unpaired) electrons. The Bertz CT molecular complexity index is 446. The molecule has 16 heavy (non-hydrogen) atoms. The van der Waals surface area contributed by atoms with Crippen LogP contribution in [0.3, 0.4) is 0 Å². The monoisotopic (exact) mass is 218 g/mol. The van der Waals surface area contributed by atoms with Gasteiger partial charge in [-0.1, -0.05) is 18.2 Å². The summed E-state index contributed by atoms with van der Waals surface area (Å²) in [6.07, 6.45) is 0.822. The van der Waals surface area contributed by atoms with Crippen molar-refractivity contribution in [1.82, 2.24) is 5.32 Å². The molecule has 1 fully saturated rings. The van der Waals surface area contributed by atoms with Crippen molar-refractivity contribution in [1.29, 1.82) is 0 Å². The first-order chi connectivity index (χ1) is 7.74. The van der Waals surface area contributed by atoms with Gasteiger partial charge in [-0.25, -0.2) is 0 Å². The molecular formula is C12H14N2O2. The summed E-state index contributed by atoms with van der Waals surface area (Å²) < 4.78 is 0. The van der Waals surface area contributed by atoms with Crippen LogP contribution in [0.4, 0.5) is 5.69 Å². The first kappa shape index (κ1) is 9.66. The van der Waals surface area contributed by atoms with Crippen LogP contribution in [0.25, 0.3) is 0 Å². The van der Waals surface area contributed by atoms with Gasteiger partial charge in [0.05, 0.1) is 0 Å². The Balaban J connectivity index is 2.05. The number of piperidine rings is 1. The second-order valence-electron chi connectivity index (χ2n) is 4.45. The maximum absolute atomic E-state index is 12.0. The Morgan fingerprint density at radius 1 is 1.38 bits per heavy atom. The lowest BCUT2D eigenvalue weighted by Crippen LogP contribution is -2.57. The molecule has 3 rings (SSSR count). The Morgan fingerprint density at radius 2 is 2.19 bits per heavy atom. The van der Waals surface area contributed by atoms with Crippen molar-refractivity contribution in [2.75, 3.05) is 11.9 Å². The molecule has 0 bridgehead atoms. The SMILES string of the molecule is O=C1NCCCC12Nc1ccccc1C2O. The summed E-state index contributed by atoms with van der Waals surface area (Å²) in [5.74, 6) is -0.0950. The van der Waals surface area contributed by atoms with E-state index < -0.39 is 11.6 Å². The van der Waals surface area contributed by atoms with Gasteiger partial charge in [0.25, 0.3) is 0 Å². The van der Waals surface area contributed by atoms with E-state index in [0.29, 0.717) is 13.0 Å². The molecule has 0 aromatic heterocycles. The summed E-state index contributed by atoms with van der Waals surface area (Å²) in [6.45, 7) is 0.700. The summed E-state index contributed by atoms with van der Waals surface area (Å²) in [5.41, 5.74) is 0.841. The summed E-state index contributed by atoms with van der Waals surface area (Å²) in [4.78, 5) is 12.0. The van der Waals surface area contributed by atoms with E-state index in [1.807, 2.05) is 24.3 Å². The van der Waals surface area contributed by atoms with E-state index in [1.54, 1.807) is 0 Å². The van der Waals surface area contributed by atoms with E-state index >= 15 is 0 Å². The van der Waals surface area contributed by atoms with Crippen LogP contribution in [0.5, 0.6) is 0 Å². The molecule has 4 heteroatoms. The summed E-state index contributed by atoms with van der Waals surface area (Å²) >= 11 is 0. The lowest BCUT2D eigenvalue weighted by atomic mass is 9.84. The number of aliphatic hydroxyl groups is 1. The van der Waals surface area contributed by atoms with Gasteiger partial charge in [-0.3, -0.25) is 4.79 Å². The molecule has 1 aromatic carbocycles. The van der Waals surface area contributed by atoms with E-state index in [-0.39, 0.29) is 5.91 Å². The average Bonchev–Trinajstić information content (AvgIpc) is 2.59. The van der Waals surface area contributed by atoms with Crippen molar-refractivity contribution in [3.05, 3.63) is 29.8 Å². The van der Waals surface area contributed by atoms with Crippen LogP contribution in [-0.4, -0.2) is 23.1 Å². The van der Waals surface area contributed by atoms with Crippen molar-refractivity contribution in [3.8, 4) is 0 Å². The second-order valence-corrected chi connectivity index (χ2v) is 4.45. The number of amides is 1. The van der Waals surface area contributed by atoms with Crippen molar-refractivity contribution in [3.63, 3.8) is 0 Å². The molecular weight excluding hydrogens is 204 g/mol. The number of fused-ring (bicyclic) bond motifs is 1. The lowest BCUT2D eigenvalue weighted by molar-refractivity contribution is -0.131. The van der Waals surface area contributed by atoms with Crippen molar-refractivity contribution in [2.45, 2.75) is 24.5 Å².